The van der Waals surface area contributed by atoms with E-state index >= 15 is 4.39 Å². The van der Waals surface area contributed by atoms with Crippen molar-refractivity contribution in [2.24, 2.45) is 0 Å². The lowest BCUT2D eigenvalue weighted by molar-refractivity contribution is 0.0734. The summed E-state index contributed by atoms with van der Waals surface area (Å²) in [7, 11) is -7.48. The van der Waals surface area contributed by atoms with E-state index in [9.17, 15) is 26.0 Å². The molecule has 0 unspecified atom stereocenters. The van der Waals surface area contributed by atoms with Gasteiger partial charge in [-0.1, -0.05) is 0 Å². The highest BCUT2D eigenvalue weighted by atomic mass is 32.2. The Morgan fingerprint density at radius 3 is 2.06 bits per heavy atom. The van der Waals surface area contributed by atoms with Crippen molar-refractivity contribution in [2.75, 3.05) is 43.6 Å². The van der Waals surface area contributed by atoms with E-state index in [2.05, 4.69) is 0 Å². The number of rotatable bonds is 6. The normalized spacial score (nSPS) is 15.0. The van der Waals surface area contributed by atoms with Crippen LogP contribution in [0.4, 0.5) is 14.5 Å². The van der Waals surface area contributed by atoms with Crippen molar-refractivity contribution in [1.29, 1.82) is 0 Å². The molecule has 12 heteroatoms. The third kappa shape index (κ3) is 5.49. The molecule has 186 valence electrons. The SMILES string of the molecule is CC(C)Oc1ccc(S(C)(=O)=O)c(F)c1C(=O)N1CCN(c2ccc(S(C)(=O)=O)cc2F)CC1. The van der Waals surface area contributed by atoms with E-state index in [-0.39, 0.29) is 48.6 Å². The summed E-state index contributed by atoms with van der Waals surface area (Å²) in [4.78, 5) is 15.5. The Labute approximate surface area is 198 Å². The molecular weight excluding hydrogens is 490 g/mol. The highest BCUT2D eigenvalue weighted by molar-refractivity contribution is 7.91. The Bertz CT molecular complexity index is 1320. The van der Waals surface area contributed by atoms with Crippen LogP contribution in [0.1, 0.15) is 24.2 Å². The van der Waals surface area contributed by atoms with Gasteiger partial charge in [0.2, 0.25) is 0 Å². The number of benzene rings is 2. The number of carbonyl (C=O) groups excluding carboxylic acids is 1. The lowest BCUT2D eigenvalue weighted by atomic mass is 10.1. The summed E-state index contributed by atoms with van der Waals surface area (Å²) in [5.41, 5.74) is -0.276. The highest BCUT2D eigenvalue weighted by Gasteiger charge is 2.31. The molecule has 1 aliphatic heterocycles. The Morgan fingerprint density at radius 2 is 1.56 bits per heavy atom. The van der Waals surface area contributed by atoms with Gasteiger partial charge in [0.05, 0.1) is 16.7 Å². The maximum Gasteiger partial charge on any atom is 0.260 e. The third-order valence-corrected chi connectivity index (χ3v) is 7.52. The molecule has 1 amide bonds. The van der Waals surface area contributed by atoms with Crippen LogP contribution >= 0.6 is 0 Å². The van der Waals surface area contributed by atoms with Crippen molar-refractivity contribution in [3.05, 3.63) is 47.5 Å². The van der Waals surface area contributed by atoms with Gasteiger partial charge < -0.3 is 14.5 Å². The first-order chi connectivity index (χ1) is 15.7. The summed E-state index contributed by atoms with van der Waals surface area (Å²) >= 11 is 0. The van der Waals surface area contributed by atoms with E-state index in [1.165, 1.54) is 23.1 Å². The minimum atomic E-state index is -3.92. The van der Waals surface area contributed by atoms with Gasteiger partial charge in [-0.25, -0.2) is 25.6 Å². The van der Waals surface area contributed by atoms with Gasteiger partial charge in [-0.3, -0.25) is 4.79 Å². The number of piperazine rings is 1. The van der Waals surface area contributed by atoms with Crippen molar-refractivity contribution in [1.82, 2.24) is 4.90 Å². The van der Waals surface area contributed by atoms with Crippen LogP contribution in [0.25, 0.3) is 0 Å². The van der Waals surface area contributed by atoms with Gasteiger partial charge in [0.25, 0.3) is 5.91 Å². The van der Waals surface area contributed by atoms with Crippen LogP contribution in [0.15, 0.2) is 40.1 Å². The molecule has 0 radical (unpaired) electrons. The maximum absolute atomic E-state index is 15.2. The third-order valence-electron chi connectivity index (χ3n) is 5.30. The molecule has 2 aromatic rings. The van der Waals surface area contributed by atoms with Crippen molar-refractivity contribution < 1.29 is 35.1 Å². The Kier molecular flexibility index (Phi) is 7.23. The molecule has 0 bridgehead atoms. The second kappa shape index (κ2) is 9.49. The molecule has 1 aliphatic rings. The van der Waals surface area contributed by atoms with Gasteiger partial charge in [0, 0.05) is 38.7 Å². The van der Waals surface area contributed by atoms with Gasteiger partial charge in [-0.2, -0.15) is 0 Å². The number of sulfone groups is 2. The van der Waals surface area contributed by atoms with E-state index in [1.807, 2.05) is 0 Å². The Morgan fingerprint density at radius 1 is 0.941 bits per heavy atom. The summed E-state index contributed by atoms with van der Waals surface area (Å²) < 4.78 is 82.5. The van der Waals surface area contributed by atoms with E-state index in [0.29, 0.717) is 0 Å². The molecule has 0 N–H and O–H groups in total. The Balaban J connectivity index is 1.86. The number of nitrogens with zero attached hydrogens (tertiary/aromatic N) is 2. The second-order valence-electron chi connectivity index (χ2n) is 8.35. The standard InChI is InChI=1S/C22H26F2N2O6S2/c1-14(2)32-18-7-8-19(34(4,30)31)21(24)20(18)22(27)26-11-9-25(10-12-26)17-6-5-15(13-16(17)23)33(3,28)29/h5-8,13-14H,9-12H2,1-4H3. The van der Waals surface area contributed by atoms with Crippen LogP contribution < -0.4 is 9.64 Å². The average Bonchev–Trinajstić information content (AvgIpc) is 2.71. The van der Waals surface area contributed by atoms with Gasteiger partial charge in [-0.05, 0) is 44.2 Å². The van der Waals surface area contributed by atoms with Crippen LogP contribution in [0.3, 0.4) is 0 Å². The predicted octanol–water partition coefficient (Wildman–Crippen LogP) is 2.52. The number of hydrogen-bond acceptors (Lipinski definition) is 7. The van der Waals surface area contributed by atoms with Gasteiger partial charge in [0.15, 0.2) is 25.5 Å². The van der Waals surface area contributed by atoms with Gasteiger partial charge in [0.1, 0.15) is 22.0 Å². The molecule has 3 rings (SSSR count). The fourth-order valence-corrected chi connectivity index (χ4v) is 5.04. The molecular formula is C22H26F2N2O6S2. The van der Waals surface area contributed by atoms with E-state index in [0.717, 1.165) is 24.6 Å². The van der Waals surface area contributed by atoms with Crippen molar-refractivity contribution in [3.8, 4) is 5.75 Å². The largest absolute Gasteiger partial charge is 0.490 e. The number of amides is 1. The van der Waals surface area contributed by atoms with E-state index in [1.54, 1.807) is 18.7 Å². The lowest BCUT2D eigenvalue weighted by Gasteiger charge is -2.36. The summed E-state index contributed by atoms with van der Waals surface area (Å²) in [5, 5.41) is 0. The van der Waals surface area contributed by atoms with Crippen molar-refractivity contribution in [2.45, 2.75) is 29.7 Å². The molecule has 0 spiro atoms. The lowest BCUT2D eigenvalue weighted by Crippen LogP contribution is -2.49. The molecule has 0 saturated carbocycles. The first-order valence-electron chi connectivity index (χ1n) is 10.4. The first-order valence-corrected chi connectivity index (χ1v) is 14.2. The van der Waals surface area contributed by atoms with Crippen molar-refractivity contribution >= 4 is 31.3 Å². The summed E-state index contributed by atoms with van der Waals surface area (Å²) in [5.74, 6) is -2.67. The first kappa shape index (κ1) is 25.9. The number of ether oxygens (including phenoxy) is 1. The van der Waals surface area contributed by atoms with Crippen molar-refractivity contribution in [3.63, 3.8) is 0 Å². The minimum Gasteiger partial charge on any atom is -0.490 e. The maximum atomic E-state index is 15.2. The zero-order valence-electron chi connectivity index (χ0n) is 19.2. The summed E-state index contributed by atoms with van der Waals surface area (Å²) in [6.45, 7) is 4.01. The van der Waals surface area contributed by atoms with Gasteiger partial charge >= 0.3 is 0 Å². The number of hydrogen-bond donors (Lipinski definition) is 0. The molecule has 34 heavy (non-hydrogen) atoms. The quantitative estimate of drug-likeness (QED) is 0.582. The molecule has 1 fully saturated rings. The Hall–Kier alpha value is -2.73. The molecule has 1 saturated heterocycles. The molecule has 1 heterocycles. The van der Waals surface area contributed by atoms with Crippen LogP contribution in [0.2, 0.25) is 0 Å². The smallest absolute Gasteiger partial charge is 0.260 e. The molecule has 8 nitrogen and oxygen atoms in total. The predicted molar refractivity (Wildman–Crippen MR) is 123 cm³/mol. The molecule has 0 atom stereocenters. The number of carbonyl (C=O) groups is 1. The monoisotopic (exact) mass is 516 g/mol. The summed E-state index contributed by atoms with van der Waals surface area (Å²) in [6, 6.07) is 5.96. The topological polar surface area (TPSA) is 101 Å². The van der Waals surface area contributed by atoms with Crippen LogP contribution in [0.5, 0.6) is 5.75 Å². The van der Waals surface area contributed by atoms with Gasteiger partial charge in [-0.15, -0.1) is 0 Å². The molecule has 0 aliphatic carbocycles. The van der Waals surface area contributed by atoms with E-state index < -0.39 is 47.7 Å². The minimum absolute atomic E-state index is 0.0604. The van der Waals surface area contributed by atoms with Crippen LogP contribution in [-0.2, 0) is 19.7 Å². The van der Waals surface area contributed by atoms with Crippen LogP contribution in [0, 0.1) is 11.6 Å². The molecule has 0 aromatic heterocycles. The fourth-order valence-electron chi connectivity index (χ4n) is 3.66. The average molecular weight is 517 g/mol. The zero-order valence-corrected chi connectivity index (χ0v) is 20.8. The number of halogens is 2. The van der Waals surface area contributed by atoms with Crippen LogP contribution in [-0.4, -0.2) is 72.4 Å². The van der Waals surface area contributed by atoms with E-state index in [4.69, 9.17) is 4.74 Å². The zero-order chi connectivity index (χ0) is 25.4. The highest BCUT2D eigenvalue weighted by Crippen LogP contribution is 2.30. The fraction of sp³-hybridized carbons (Fsp3) is 0.409. The molecule has 2 aromatic carbocycles. The number of anilines is 1. The summed E-state index contributed by atoms with van der Waals surface area (Å²) in [6.07, 6.45) is 1.45. The second-order valence-corrected chi connectivity index (χ2v) is 12.4.